The third-order valence-corrected chi connectivity index (χ3v) is 5.78. The van der Waals surface area contributed by atoms with Crippen molar-refractivity contribution in [2.75, 3.05) is 19.6 Å². The van der Waals surface area contributed by atoms with Crippen molar-refractivity contribution in [3.05, 3.63) is 60.2 Å². The summed E-state index contributed by atoms with van der Waals surface area (Å²) in [4.78, 5) is 27.7. The molecule has 1 aliphatic heterocycles. The molecule has 30 heavy (non-hydrogen) atoms. The summed E-state index contributed by atoms with van der Waals surface area (Å²) in [7, 11) is 0. The fraction of sp³-hybridized carbons (Fsp3) is 0.391. The normalized spacial score (nSPS) is 16.6. The summed E-state index contributed by atoms with van der Waals surface area (Å²) < 4.78 is 1.97. The predicted octanol–water partition coefficient (Wildman–Crippen LogP) is 2.66. The topological polar surface area (TPSA) is 80.1 Å². The summed E-state index contributed by atoms with van der Waals surface area (Å²) in [5.41, 5.74) is 0.702. The lowest BCUT2D eigenvalue weighted by molar-refractivity contribution is -0.126. The molecule has 0 bridgehead atoms. The zero-order chi connectivity index (χ0) is 20.9. The second-order valence-corrected chi connectivity index (χ2v) is 7.69. The van der Waals surface area contributed by atoms with Gasteiger partial charge in [-0.15, -0.1) is 10.2 Å². The number of nitrogens with zero attached hydrogens (tertiary/aromatic N) is 4. The van der Waals surface area contributed by atoms with Crippen LogP contribution >= 0.6 is 0 Å². The van der Waals surface area contributed by atoms with Crippen LogP contribution in [0.2, 0.25) is 0 Å². The predicted molar refractivity (Wildman–Crippen MR) is 115 cm³/mol. The Balaban J connectivity index is 1.37. The number of piperidine rings is 1. The Morgan fingerprint density at radius 2 is 2.00 bits per heavy atom. The number of rotatable bonds is 6. The number of aromatic nitrogens is 3. The molecule has 4 rings (SSSR count). The molecule has 7 nitrogen and oxygen atoms in total. The largest absolute Gasteiger partial charge is 0.355 e. The zero-order valence-electron chi connectivity index (χ0n) is 17.3. The van der Waals surface area contributed by atoms with Gasteiger partial charge >= 0.3 is 0 Å². The third-order valence-electron chi connectivity index (χ3n) is 5.78. The lowest BCUT2D eigenvalue weighted by Crippen LogP contribution is -2.45. The number of carbonyl (C=O) groups is 2. The van der Waals surface area contributed by atoms with Crippen molar-refractivity contribution in [3.63, 3.8) is 0 Å². The van der Waals surface area contributed by atoms with Gasteiger partial charge < -0.3 is 14.8 Å². The maximum absolute atomic E-state index is 13.2. The van der Waals surface area contributed by atoms with Gasteiger partial charge in [-0.05, 0) is 36.6 Å². The Morgan fingerprint density at radius 3 is 2.87 bits per heavy atom. The van der Waals surface area contributed by atoms with Crippen LogP contribution in [0.1, 0.15) is 35.9 Å². The van der Waals surface area contributed by atoms with E-state index in [2.05, 4.69) is 15.5 Å². The van der Waals surface area contributed by atoms with Crippen LogP contribution < -0.4 is 5.32 Å². The number of fused-ring (bicyclic) bond motifs is 1. The lowest BCUT2D eigenvalue weighted by Gasteiger charge is -2.32. The minimum Gasteiger partial charge on any atom is -0.355 e. The SMILES string of the molecule is CCn1cnnc1CCNC(=O)C1CCCN(C(=O)c2cccc3ccccc23)C1. The molecular formula is C23H27N5O2. The molecule has 1 unspecified atom stereocenters. The smallest absolute Gasteiger partial charge is 0.254 e. The molecule has 1 fully saturated rings. The van der Waals surface area contributed by atoms with E-state index in [0.717, 1.165) is 36.0 Å². The first-order valence-electron chi connectivity index (χ1n) is 10.6. The minimum absolute atomic E-state index is 0.000322. The fourth-order valence-corrected chi connectivity index (χ4v) is 4.14. The van der Waals surface area contributed by atoms with Crippen LogP contribution in [0.4, 0.5) is 0 Å². The van der Waals surface area contributed by atoms with Crippen molar-refractivity contribution < 1.29 is 9.59 Å². The first kappa shape index (κ1) is 20.1. The fourth-order valence-electron chi connectivity index (χ4n) is 4.14. The number of carbonyl (C=O) groups excluding carboxylic acids is 2. The summed E-state index contributed by atoms with van der Waals surface area (Å²) >= 11 is 0. The van der Waals surface area contributed by atoms with Crippen molar-refractivity contribution in [2.45, 2.75) is 32.7 Å². The highest BCUT2D eigenvalue weighted by Crippen LogP contribution is 2.23. The quantitative estimate of drug-likeness (QED) is 0.684. The van der Waals surface area contributed by atoms with Crippen LogP contribution in [-0.4, -0.2) is 51.1 Å². The summed E-state index contributed by atoms with van der Waals surface area (Å²) in [6, 6.07) is 13.7. The van der Waals surface area contributed by atoms with Crippen molar-refractivity contribution >= 4 is 22.6 Å². The molecule has 1 aromatic heterocycles. The molecule has 1 aliphatic rings. The molecule has 1 saturated heterocycles. The zero-order valence-corrected chi connectivity index (χ0v) is 17.3. The number of hydrogen-bond donors (Lipinski definition) is 1. The van der Waals surface area contributed by atoms with E-state index in [1.165, 1.54) is 0 Å². The molecule has 0 saturated carbocycles. The van der Waals surface area contributed by atoms with Crippen LogP contribution in [0.15, 0.2) is 48.8 Å². The van der Waals surface area contributed by atoms with E-state index in [1.54, 1.807) is 6.33 Å². The average Bonchev–Trinajstić information content (AvgIpc) is 3.25. The Labute approximate surface area is 176 Å². The molecule has 0 aliphatic carbocycles. The molecule has 2 heterocycles. The molecule has 1 atom stereocenters. The Kier molecular flexibility index (Phi) is 6.07. The van der Waals surface area contributed by atoms with Crippen LogP contribution in [-0.2, 0) is 17.8 Å². The Bertz CT molecular complexity index is 1040. The van der Waals surface area contributed by atoms with E-state index in [9.17, 15) is 9.59 Å². The maximum atomic E-state index is 13.2. The highest BCUT2D eigenvalue weighted by atomic mass is 16.2. The maximum Gasteiger partial charge on any atom is 0.254 e. The first-order chi connectivity index (χ1) is 14.7. The van der Waals surface area contributed by atoms with Gasteiger partial charge in [0.05, 0.1) is 5.92 Å². The molecule has 2 aromatic carbocycles. The van der Waals surface area contributed by atoms with Crippen molar-refractivity contribution in [3.8, 4) is 0 Å². The van der Waals surface area contributed by atoms with E-state index in [4.69, 9.17) is 0 Å². The molecule has 1 N–H and O–H groups in total. The van der Waals surface area contributed by atoms with Gasteiger partial charge in [-0.25, -0.2) is 0 Å². The number of amides is 2. The highest BCUT2D eigenvalue weighted by Gasteiger charge is 2.29. The molecule has 7 heteroatoms. The number of aryl methyl sites for hydroxylation is 1. The van der Waals surface area contributed by atoms with Crippen LogP contribution in [0.3, 0.4) is 0 Å². The number of benzene rings is 2. The second-order valence-electron chi connectivity index (χ2n) is 7.69. The molecular weight excluding hydrogens is 378 g/mol. The summed E-state index contributed by atoms with van der Waals surface area (Å²) in [5, 5.41) is 13.0. The second kappa shape index (κ2) is 9.07. The number of hydrogen-bond acceptors (Lipinski definition) is 4. The van der Waals surface area contributed by atoms with Crippen molar-refractivity contribution in [2.24, 2.45) is 5.92 Å². The van der Waals surface area contributed by atoms with Crippen LogP contribution in [0.5, 0.6) is 0 Å². The Hall–Kier alpha value is -3.22. The van der Waals surface area contributed by atoms with Gasteiger partial charge in [0.2, 0.25) is 5.91 Å². The van der Waals surface area contributed by atoms with Gasteiger partial charge in [-0.3, -0.25) is 9.59 Å². The van der Waals surface area contributed by atoms with Gasteiger partial charge in [-0.1, -0.05) is 36.4 Å². The van der Waals surface area contributed by atoms with Gasteiger partial charge in [-0.2, -0.15) is 0 Å². The molecule has 0 spiro atoms. The van der Waals surface area contributed by atoms with E-state index < -0.39 is 0 Å². The standard InChI is InChI=1S/C23H27N5O2/c1-2-27-16-25-26-21(27)12-13-24-22(29)18-9-6-14-28(15-18)23(30)20-11-5-8-17-7-3-4-10-19(17)20/h3-5,7-8,10-11,16,18H,2,6,9,12-15H2,1H3,(H,24,29). The van der Waals surface area contributed by atoms with E-state index in [-0.39, 0.29) is 17.7 Å². The van der Waals surface area contributed by atoms with Gasteiger partial charge in [0.15, 0.2) is 0 Å². The lowest BCUT2D eigenvalue weighted by atomic mass is 9.95. The summed E-state index contributed by atoms with van der Waals surface area (Å²) in [5.74, 6) is 0.698. The minimum atomic E-state index is -0.179. The summed E-state index contributed by atoms with van der Waals surface area (Å²) in [6.45, 7) is 4.51. The van der Waals surface area contributed by atoms with E-state index >= 15 is 0 Å². The van der Waals surface area contributed by atoms with E-state index in [0.29, 0.717) is 31.6 Å². The van der Waals surface area contributed by atoms with Gasteiger partial charge in [0.1, 0.15) is 12.2 Å². The van der Waals surface area contributed by atoms with E-state index in [1.807, 2.05) is 58.9 Å². The molecule has 2 amide bonds. The molecule has 3 aromatic rings. The van der Waals surface area contributed by atoms with Gasteiger partial charge in [0, 0.05) is 38.2 Å². The number of likely N-dealkylation sites (tertiary alicyclic amines) is 1. The molecule has 156 valence electrons. The number of nitrogens with one attached hydrogen (secondary N) is 1. The first-order valence-corrected chi connectivity index (χ1v) is 10.6. The van der Waals surface area contributed by atoms with Crippen molar-refractivity contribution in [1.29, 1.82) is 0 Å². The monoisotopic (exact) mass is 405 g/mol. The highest BCUT2D eigenvalue weighted by molar-refractivity contribution is 6.07. The van der Waals surface area contributed by atoms with Crippen molar-refractivity contribution in [1.82, 2.24) is 25.0 Å². The molecule has 0 radical (unpaired) electrons. The third kappa shape index (κ3) is 4.20. The van der Waals surface area contributed by atoms with Crippen LogP contribution in [0.25, 0.3) is 10.8 Å². The van der Waals surface area contributed by atoms with Gasteiger partial charge in [0.25, 0.3) is 5.91 Å². The average molecular weight is 406 g/mol. The Morgan fingerprint density at radius 1 is 1.17 bits per heavy atom. The summed E-state index contributed by atoms with van der Waals surface area (Å²) in [6.07, 6.45) is 3.98. The van der Waals surface area contributed by atoms with Crippen LogP contribution in [0, 0.1) is 5.92 Å².